The molecule has 5 nitrogen and oxygen atoms in total. The summed E-state index contributed by atoms with van der Waals surface area (Å²) in [4.78, 5) is 0.283. The number of rotatable bonds is 6. The summed E-state index contributed by atoms with van der Waals surface area (Å²) in [5.41, 5.74) is -0.374. The smallest absolute Gasteiger partial charge is 0.241 e. The van der Waals surface area contributed by atoms with Crippen LogP contribution in [0.4, 0.5) is 0 Å². The average molecular weight is 312 g/mol. The lowest BCUT2D eigenvalue weighted by molar-refractivity contribution is 0.308. The van der Waals surface area contributed by atoms with Gasteiger partial charge in [0.2, 0.25) is 10.0 Å². The van der Waals surface area contributed by atoms with Crippen molar-refractivity contribution in [3.63, 3.8) is 0 Å². The molecule has 1 saturated heterocycles. The van der Waals surface area contributed by atoms with Crippen LogP contribution in [0.2, 0.25) is 0 Å². The van der Waals surface area contributed by atoms with Gasteiger partial charge in [-0.15, -0.1) is 0 Å². The van der Waals surface area contributed by atoms with Crippen LogP contribution < -0.4 is 14.8 Å². The van der Waals surface area contributed by atoms with Gasteiger partial charge in [0.1, 0.15) is 5.75 Å². The predicted octanol–water partition coefficient (Wildman–Crippen LogP) is 1.90. The number of sulfonamides is 1. The molecule has 0 aromatic heterocycles. The molecule has 1 aromatic rings. The van der Waals surface area contributed by atoms with E-state index in [0.29, 0.717) is 12.4 Å². The second-order valence-electron chi connectivity index (χ2n) is 5.74. The van der Waals surface area contributed by atoms with Gasteiger partial charge in [0, 0.05) is 5.54 Å². The molecule has 1 aliphatic heterocycles. The first-order valence-corrected chi connectivity index (χ1v) is 8.91. The molecule has 1 heterocycles. The average Bonchev–Trinajstić information content (AvgIpc) is 2.45. The third-order valence-corrected chi connectivity index (χ3v) is 5.35. The van der Waals surface area contributed by atoms with E-state index in [-0.39, 0.29) is 10.4 Å². The molecule has 21 heavy (non-hydrogen) atoms. The summed E-state index contributed by atoms with van der Waals surface area (Å²) in [6.45, 7) is 6.30. The van der Waals surface area contributed by atoms with Gasteiger partial charge in [0.15, 0.2) is 0 Å². The Morgan fingerprint density at radius 3 is 2.43 bits per heavy atom. The topological polar surface area (TPSA) is 67.4 Å². The maximum absolute atomic E-state index is 12.5. The summed E-state index contributed by atoms with van der Waals surface area (Å²) in [6.07, 6.45) is 2.52. The Labute approximate surface area is 127 Å². The summed E-state index contributed by atoms with van der Waals surface area (Å²) in [5.74, 6) is 0.698. The molecule has 0 aliphatic carbocycles. The molecular weight excluding hydrogens is 288 g/mol. The van der Waals surface area contributed by atoms with Gasteiger partial charge in [0.05, 0.1) is 11.5 Å². The van der Waals surface area contributed by atoms with Crippen molar-refractivity contribution >= 4 is 10.0 Å². The van der Waals surface area contributed by atoms with Crippen LogP contribution in [0.25, 0.3) is 0 Å². The van der Waals surface area contributed by atoms with Crippen LogP contribution in [0.3, 0.4) is 0 Å². The van der Waals surface area contributed by atoms with E-state index >= 15 is 0 Å². The molecule has 1 fully saturated rings. The van der Waals surface area contributed by atoms with Crippen LogP contribution >= 0.6 is 0 Å². The largest absolute Gasteiger partial charge is 0.494 e. The van der Waals surface area contributed by atoms with E-state index in [1.807, 2.05) is 13.8 Å². The molecule has 0 spiro atoms. The normalized spacial score (nSPS) is 18.4. The highest BCUT2D eigenvalue weighted by Gasteiger charge is 2.31. The number of hydrogen-bond donors (Lipinski definition) is 2. The fourth-order valence-electron chi connectivity index (χ4n) is 2.40. The van der Waals surface area contributed by atoms with Crippen molar-refractivity contribution in [2.24, 2.45) is 0 Å². The van der Waals surface area contributed by atoms with E-state index in [1.54, 1.807) is 24.3 Å². The summed E-state index contributed by atoms with van der Waals surface area (Å²) >= 11 is 0. The van der Waals surface area contributed by atoms with Crippen LogP contribution in [0.15, 0.2) is 29.2 Å². The van der Waals surface area contributed by atoms with Crippen LogP contribution in [-0.2, 0) is 10.0 Å². The first kappa shape index (κ1) is 16.3. The van der Waals surface area contributed by atoms with E-state index in [4.69, 9.17) is 4.74 Å². The fourth-order valence-corrected chi connectivity index (χ4v) is 3.86. The summed E-state index contributed by atoms with van der Waals surface area (Å²) in [7, 11) is -3.49. The predicted molar refractivity (Wildman–Crippen MR) is 83.1 cm³/mol. The maximum atomic E-state index is 12.5. The van der Waals surface area contributed by atoms with Gasteiger partial charge in [-0.2, -0.15) is 0 Å². The SMILES string of the molecule is CCCOc1ccc(S(=O)(=O)NC2(C)CCNCC2)cc1. The molecule has 0 saturated carbocycles. The zero-order chi connectivity index (χ0) is 15.3. The highest BCUT2D eigenvalue weighted by Crippen LogP contribution is 2.22. The number of hydrogen-bond acceptors (Lipinski definition) is 4. The Bertz CT molecular complexity index is 549. The number of benzene rings is 1. The van der Waals surface area contributed by atoms with Gasteiger partial charge in [0.25, 0.3) is 0 Å². The minimum absolute atomic E-state index is 0.283. The highest BCUT2D eigenvalue weighted by atomic mass is 32.2. The fraction of sp³-hybridized carbons (Fsp3) is 0.600. The molecule has 118 valence electrons. The Morgan fingerprint density at radius 2 is 1.86 bits per heavy atom. The molecule has 0 atom stereocenters. The van der Waals surface area contributed by atoms with Gasteiger partial charge in [-0.05, 0) is 63.5 Å². The second-order valence-corrected chi connectivity index (χ2v) is 7.42. The quantitative estimate of drug-likeness (QED) is 0.842. The Hall–Kier alpha value is -1.11. The van der Waals surface area contributed by atoms with E-state index in [0.717, 1.165) is 32.4 Å². The minimum Gasteiger partial charge on any atom is -0.494 e. The van der Waals surface area contributed by atoms with E-state index in [2.05, 4.69) is 10.0 Å². The maximum Gasteiger partial charge on any atom is 0.241 e. The van der Waals surface area contributed by atoms with Crippen LogP contribution in [-0.4, -0.2) is 33.7 Å². The van der Waals surface area contributed by atoms with Crippen LogP contribution in [0, 0.1) is 0 Å². The first-order chi connectivity index (χ1) is 9.95. The summed E-state index contributed by atoms with van der Waals surface area (Å²) in [6, 6.07) is 6.60. The van der Waals surface area contributed by atoms with Crippen molar-refractivity contribution in [2.45, 2.75) is 43.5 Å². The molecule has 0 bridgehead atoms. The molecule has 6 heteroatoms. The van der Waals surface area contributed by atoms with E-state index < -0.39 is 10.0 Å². The monoisotopic (exact) mass is 312 g/mol. The third kappa shape index (κ3) is 4.43. The Balaban J connectivity index is 2.08. The van der Waals surface area contributed by atoms with Crippen molar-refractivity contribution in [1.82, 2.24) is 10.0 Å². The molecule has 1 aromatic carbocycles. The van der Waals surface area contributed by atoms with Gasteiger partial charge in [-0.3, -0.25) is 0 Å². The molecule has 0 amide bonds. The lowest BCUT2D eigenvalue weighted by Crippen LogP contribution is -2.52. The second kappa shape index (κ2) is 6.77. The lowest BCUT2D eigenvalue weighted by Gasteiger charge is -2.34. The number of ether oxygens (including phenoxy) is 1. The van der Waals surface area contributed by atoms with E-state index in [9.17, 15) is 8.42 Å². The van der Waals surface area contributed by atoms with Crippen LogP contribution in [0.1, 0.15) is 33.1 Å². The highest BCUT2D eigenvalue weighted by molar-refractivity contribution is 7.89. The number of nitrogens with one attached hydrogen (secondary N) is 2. The zero-order valence-corrected chi connectivity index (χ0v) is 13.5. The van der Waals surface area contributed by atoms with Crippen molar-refractivity contribution in [2.75, 3.05) is 19.7 Å². The molecule has 0 radical (unpaired) electrons. The zero-order valence-electron chi connectivity index (χ0n) is 12.7. The van der Waals surface area contributed by atoms with Crippen molar-refractivity contribution < 1.29 is 13.2 Å². The lowest BCUT2D eigenvalue weighted by atomic mass is 9.92. The van der Waals surface area contributed by atoms with Crippen molar-refractivity contribution in [1.29, 1.82) is 0 Å². The van der Waals surface area contributed by atoms with Crippen molar-refractivity contribution in [3.8, 4) is 5.75 Å². The molecular formula is C15H24N2O3S. The molecule has 1 aliphatic rings. The van der Waals surface area contributed by atoms with Gasteiger partial charge in [-0.1, -0.05) is 6.92 Å². The Kier molecular flexibility index (Phi) is 5.24. The van der Waals surface area contributed by atoms with Crippen LogP contribution in [0.5, 0.6) is 5.75 Å². The van der Waals surface area contributed by atoms with Gasteiger partial charge < -0.3 is 10.1 Å². The third-order valence-electron chi connectivity index (χ3n) is 3.69. The molecule has 0 unspecified atom stereocenters. The van der Waals surface area contributed by atoms with Crippen molar-refractivity contribution in [3.05, 3.63) is 24.3 Å². The van der Waals surface area contributed by atoms with Gasteiger partial charge in [-0.25, -0.2) is 13.1 Å². The summed E-state index contributed by atoms with van der Waals surface area (Å²) < 4.78 is 33.2. The molecule has 2 rings (SSSR count). The van der Waals surface area contributed by atoms with E-state index in [1.165, 1.54) is 0 Å². The summed E-state index contributed by atoms with van der Waals surface area (Å²) in [5, 5.41) is 3.24. The minimum atomic E-state index is -3.49. The number of piperidine rings is 1. The standard InChI is InChI=1S/C15H24N2O3S/c1-3-12-20-13-4-6-14(7-5-13)21(18,19)17-15(2)8-10-16-11-9-15/h4-7,16-17H,3,8-12H2,1-2H3. The van der Waals surface area contributed by atoms with Gasteiger partial charge >= 0.3 is 0 Å². The molecule has 2 N–H and O–H groups in total. The first-order valence-electron chi connectivity index (χ1n) is 7.43. The Morgan fingerprint density at radius 1 is 1.24 bits per heavy atom.